The lowest BCUT2D eigenvalue weighted by molar-refractivity contribution is -0.135. The second-order valence-electron chi connectivity index (χ2n) is 6.69. The van der Waals surface area contributed by atoms with E-state index >= 15 is 0 Å². The van der Waals surface area contributed by atoms with Crippen LogP contribution in [0.4, 0.5) is 8.78 Å². The highest BCUT2D eigenvalue weighted by Crippen LogP contribution is 2.66. The van der Waals surface area contributed by atoms with Crippen molar-refractivity contribution in [3.05, 3.63) is 35.4 Å². The van der Waals surface area contributed by atoms with Crippen molar-refractivity contribution < 1.29 is 13.6 Å². The zero-order valence-corrected chi connectivity index (χ0v) is 12.0. The van der Waals surface area contributed by atoms with Gasteiger partial charge in [0.2, 0.25) is 5.91 Å². The van der Waals surface area contributed by atoms with Gasteiger partial charge in [-0.3, -0.25) is 4.79 Å². The molecule has 1 aromatic rings. The molecule has 21 heavy (non-hydrogen) atoms. The molecule has 2 bridgehead atoms. The number of rotatable bonds is 5. The zero-order chi connectivity index (χ0) is 15.2. The van der Waals surface area contributed by atoms with Gasteiger partial charge >= 0.3 is 0 Å². The van der Waals surface area contributed by atoms with Crippen molar-refractivity contribution >= 4 is 5.91 Å². The maximum absolute atomic E-state index is 13.7. The van der Waals surface area contributed by atoms with Crippen LogP contribution in [0, 0.1) is 23.0 Å². The Morgan fingerprint density at radius 2 is 2.10 bits per heavy atom. The molecular weight excluding hydrogens is 274 g/mol. The first-order chi connectivity index (χ1) is 9.88. The number of carbonyl (C=O) groups is 1. The second-order valence-corrected chi connectivity index (χ2v) is 6.69. The molecule has 3 saturated carbocycles. The molecule has 0 heterocycles. The standard InChI is InChI=1S/C16H20F2N2O/c1-9(12-3-2-11(17)4-13(12)18)20-15(21)14(19)8-16-5-10(6-16)7-16/h2-4,9-10,14H,5-8,19H2,1H3,(H,20,21)/t9-,10?,14?,16?/m0/s1. The van der Waals surface area contributed by atoms with Gasteiger partial charge in [-0.25, -0.2) is 8.78 Å². The van der Waals surface area contributed by atoms with Crippen LogP contribution in [0.3, 0.4) is 0 Å². The Hall–Kier alpha value is -1.49. The fourth-order valence-electron chi connectivity index (χ4n) is 3.72. The summed E-state index contributed by atoms with van der Waals surface area (Å²) >= 11 is 0. The van der Waals surface area contributed by atoms with Crippen LogP contribution in [0.1, 0.15) is 44.2 Å². The third kappa shape index (κ3) is 2.67. The highest BCUT2D eigenvalue weighted by Gasteiger charge is 2.56. The Kier molecular flexibility index (Phi) is 3.48. The maximum Gasteiger partial charge on any atom is 0.237 e. The van der Waals surface area contributed by atoms with E-state index in [1.807, 2.05) is 0 Å². The van der Waals surface area contributed by atoms with E-state index in [-0.39, 0.29) is 11.5 Å². The molecule has 1 aromatic carbocycles. The Morgan fingerprint density at radius 3 is 2.62 bits per heavy atom. The Morgan fingerprint density at radius 1 is 1.43 bits per heavy atom. The lowest BCUT2D eigenvalue weighted by atomic mass is 9.43. The molecule has 3 N–H and O–H groups in total. The Bertz CT molecular complexity index is 558. The average molecular weight is 294 g/mol. The fraction of sp³-hybridized carbons (Fsp3) is 0.562. The summed E-state index contributed by atoms with van der Waals surface area (Å²) in [5, 5.41) is 2.72. The molecule has 114 valence electrons. The number of halogens is 2. The van der Waals surface area contributed by atoms with E-state index < -0.39 is 23.7 Å². The minimum atomic E-state index is -0.657. The van der Waals surface area contributed by atoms with E-state index in [4.69, 9.17) is 5.73 Å². The summed E-state index contributed by atoms with van der Waals surface area (Å²) in [5.74, 6) is -0.700. The maximum atomic E-state index is 13.7. The molecule has 0 aromatic heterocycles. The molecule has 3 aliphatic rings. The number of nitrogens with one attached hydrogen (secondary N) is 1. The van der Waals surface area contributed by atoms with Crippen molar-refractivity contribution in [3.8, 4) is 0 Å². The van der Waals surface area contributed by atoms with Crippen molar-refractivity contribution in [1.82, 2.24) is 5.32 Å². The minimum Gasteiger partial charge on any atom is -0.348 e. The summed E-state index contributed by atoms with van der Waals surface area (Å²) in [6.07, 6.45) is 4.27. The van der Waals surface area contributed by atoms with Gasteiger partial charge in [0.25, 0.3) is 0 Å². The summed E-state index contributed by atoms with van der Waals surface area (Å²) in [5.41, 5.74) is 6.52. The molecule has 0 aliphatic heterocycles. The highest BCUT2D eigenvalue weighted by atomic mass is 19.1. The third-order valence-electron chi connectivity index (χ3n) is 4.94. The monoisotopic (exact) mass is 294 g/mol. The fourth-order valence-corrected chi connectivity index (χ4v) is 3.72. The van der Waals surface area contributed by atoms with E-state index in [2.05, 4.69) is 5.32 Å². The molecule has 5 heteroatoms. The number of benzene rings is 1. The van der Waals surface area contributed by atoms with Gasteiger partial charge in [0.1, 0.15) is 11.6 Å². The Balaban J connectivity index is 1.58. The number of amides is 1. The first kappa shape index (κ1) is 14.4. The lowest BCUT2D eigenvalue weighted by Crippen LogP contribution is -2.56. The number of carbonyl (C=O) groups excluding carboxylic acids is 1. The molecule has 3 nitrogen and oxygen atoms in total. The second kappa shape index (κ2) is 5.05. The van der Waals surface area contributed by atoms with E-state index in [0.29, 0.717) is 11.8 Å². The van der Waals surface area contributed by atoms with Crippen molar-refractivity contribution in [2.24, 2.45) is 17.1 Å². The van der Waals surface area contributed by atoms with Gasteiger partial charge in [0, 0.05) is 11.6 Å². The number of hydrogen-bond acceptors (Lipinski definition) is 2. The average Bonchev–Trinajstić information content (AvgIpc) is 2.31. The lowest BCUT2D eigenvalue weighted by Gasteiger charge is -2.62. The minimum absolute atomic E-state index is 0.266. The molecular formula is C16H20F2N2O. The summed E-state index contributed by atoms with van der Waals surface area (Å²) in [6.45, 7) is 1.67. The molecule has 0 radical (unpaired) electrons. The van der Waals surface area contributed by atoms with E-state index in [1.165, 1.54) is 31.4 Å². The van der Waals surface area contributed by atoms with Crippen LogP contribution in [0.15, 0.2) is 18.2 Å². The zero-order valence-electron chi connectivity index (χ0n) is 12.0. The molecule has 3 aliphatic carbocycles. The van der Waals surface area contributed by atoms with Gasteiger partial charge in [-0.15, -0.1) is 0 Å². The Labute approximate surface area is 122 Å². The molecule has 4 rings (SSSR count). The van der Waals surface area contributed by atoms with Crippen LogP contribution in [-0.2, 0) is 4.79 Å². The van der Waals surface area contributed by atoms with E-state index in [0.717, 1.165) is 12.0 Å². The van der Waals surface area contributed by atoms with Crippen LogP contribution >= 0.6 is 0 Å². The first-order valence-electron chi connectivity index (χ1n) is 7.39. The molecule has 1 unspecified atom stereocenters. The quantitative estimate of drug-likeness (QED) is 0.877. The summed E-state index contributed by atoms with van der Waals surface area (Å²) in [7, 11) is 0. The smallest absolute Gasteiger partial charge is 0.237 e. The van der Waals surface area contributed by atoms with Gasteiger partial charge in [-0.05, 0) is 50.0 Å². The van der Waals surface area contributed by atoms with Gasteiger partial charge in [-0.2, -0.15) is 0 Å². The normalized spacial score (nSPS) is 29.0. The molecule has 1 amide bonds. The summed E-state index contributed by atoms with van der Waals surface area (Å²) in [6, 6.07) is 2.26. The molecule has 0 spiro atoms. The van der Waals surface area contributed by atoms with Crippen molar-refractivity contribution in [1.29, 1.82) is 0 Å². The van der Waals surface area contributed by atoms with Crippen molar-refractivity contribution in [2.45, 2.75) is 44.7 Å². The van der Waals surface area contributed by atoms with Crippen LogP contribution in [-0.4, -0.2) is 11.9 Å². The summed E-state index contributed by atoms with van der Waals surface area (Å²) < 4.78 is 26.6. The largest absolute Gasteiger partial charge is 0.348 e. The number of hydrogen-bond donors (Lipinski definition) is 2. The van der Waals surface area contributed by atoms with Gasteiger partial charge in [0.15, 0.2) is 0 Å². The van der Waals surface area contributed by atoms with Gasteiger partial charge in [-0.1, -0.05) is 6.07 Å². The molecule has 3 fully saturated rings. The topological polar surface area (TPSA) is 55.1 Å². The van der Waals surface area contributed by atoms with Crippen LogP contribution in [0.25, 0.3) is 0 Å². The molecule has 0 saturated heterocycles. The SMILES string of the molecule is C[C@H](NC(=O)C(N)CC12CC(C1)C2)c1ccc(F)cc1F. The van der Waals surface area contributed by atoms with Gasteiger partial charge < -0.3 is 11.1 Å². The third-order valence-corrected chi connectivity index (χ3v) is 4.94. The summed E-state index contributed by atoms with van der Waals surface area (Å²) in [4.78, 5) is 12.1. The van der Waals surface area contributed by atoms with Crippen LogP contribution in [0.5, 0.6) is 0 Å². The van der Waals surface area contributed by atoms with E-state index in [1.54, 1.807) is 6.92 Å². The first-order valence-corrected chi connectivity index (χ1v) is 7.39. The van der Waals surface area contributed by atoms with E-state index in [9.17, 15) is 13.6 Å². The predicted molar refractivity (Wildman–Crippen MR) is 75.3 cm³/mol. The van der Waals surface area contributed by atoms with Gasteiger partial charge in [0.05, 0.1) is 12.1 Å². The van der Waals surface area contributed by atoms with Crippen LogP contribution < -0.4 is 11.1 Å². The van der Waals surface area contributed by atoms with Crippen molar-refractivity contribution in [3.63, 3.8) is 0 Å². The van der Waals surface area contributed by atoms with Crippen molar-refractivity contribution in [2.75, 3.05) is 0 Å². The predicted octanol–water partition coefficient (Wildman–Crippen LogP) is 2.66. The van der Waals surface area contributed by atoms with Crippen LogP contribution in [0.2, 0.25) is 0 Å². The molecule has 2 atom stereocenters. The highest BCUT2D eigenvalue weighted by molar-refractivity contribution is 5.82. The number of nitrogens with two attached hydrogens (primary N) is 1.